The zero-order valence-corrected chi connectivity index (χ0v) is 15.8. The first-order valence-corrected chi connectivity index (χ1v) is 7.55. The van der Waals surface area contributed by atoms with Crippen molar-refractivity contribution in [3.63, 3.8) is 0 Å². The van der Waals surface area contributed by atoms with E-state index < -0.39 is 5.54 Å². The summed E-state index contributed by atoms with van der Waals surface area (Å²) < 4.78 is 10.9. The number of amides is 1. The minimum Gasteiger partial charge on any atom is -0.492 e. The van der Waals surface area contributed by atoms with E-state index in [1.165, 1.54) is 0 Å². The molecule has 1 heterocycles. The van der Waals surface area contributed by atoms with Crippen LogP contribution in [0.25, 0.3) is 0 Å². The molecule has 0 saturated carbocycles. The van der Waals surface area contributed by atoms with Gasteiger partial charge in [0.1, 0.15) is 17.9 Å². The summed E-state index contributed by atoms with van der Waals surface area (Å²) in [5, 5.41) is 2.87. The number of benzene rings is 1. The van der Waals surface area contributed by atoms with Crippen LogP contribution in [0.5, 0.6) is 5.75 Å². The van der Waals surface area contributed by atoms with Gasteiger partial charge >= 0.3 is 0 Å². The number of carbonyl (C=O) groups is 1. The summed E-state index contributed by atoms with van der Waals surface area (Å²) in [5.41, 5.74) is 6.04. The Labute approximate surface area is 155 Å². The van der Waals surface area contributed by atoms with Gasteiger partial charge in [-0.05, 0) is 51.2 Å². The molecule has 0 aliphatic carbocycles. The van der Waals surface area contributed by atoms with Gasteiger partial charge in [0.05, 0.1) is 0 Å². The van der Waals surface area contributed by atoms with Crippen molar-refractivity contribution in [1.29, 1.82) is 0 Å². The van der Waals surface area contributed by atoms with Gasteiger partial charge in [0.25, 0.3) is 0 Å². The van der Waals surface area contributed by atoms with Gasteiger partial charge in [-0.3, -0.25) is 4.79 Å². The van der Waals surface area contributed by atoms with Crippen LogP contribution in [0.3, 0.4) is 0 Å². The molecule has 6 nitrogen and oxygen atoms in total. The molecular weight excluding hydrogens is 353 g/mol. The predicted molar refractivity (Wildman–Crippen MR) is 101 cm³/mol. The van der Waals surface area contributed by atoms with Crippen LogP contribution in [0.4, 0.5) is 5.69 Å². The van der Waals surface area contributed by atoms with E-state index in [0.29, 0.717) is 32.7 Å². The van der Waals surface area contributed by atoms with E-state index in [4.69, 9.17) is 15.2 Å². The first kappa shape index (κ1) is 22.9. The summed E-state index contributed by atoms with van der Waals surface area (Å²) in [4.78, 5) is 14.4. The van der Waals surface area contributed by atoms with Crippen LogP contribution in [-0.4, -0.2) is 56.8 Å². The lowest BCUT2D eigenvalue weighted by Gasteiger charge is -2.31. The van der Waals surface area contributed by atoms with E-state index in [9.17, 15) is 4.79 Å². The van der Waals surface area contributed by atoms with Crippen molar-refractivity contribution in [2.75, 3.05) is 45.8 Å². The lowest BCUT2D eigenvalue weighted by atomic mass is 9.90. The van der Waals surface area contributed by atoms with E-state index in [0.717, 1.165) is 18.0 Å². The third-order valence-corrected chi connectivity index (χ3v) is 3.76. The summed E-state index contributed by atoms with van der Waals surface area (Å²) in [6.45, 7) is 2.55. The van der Waals surface area contributed by atoms with Crippen molar-refractivity contribution < 1.29 is 14.3 Å². The zero-order valence-electron chi connectivity index (χ0n) is 14.1. The van der Waals surface area contributed by atoms with Gasteiger partial charge in [-0.25, -0.2) is 0 Å². The van der Waals surface area contributed by atoms with Crippen molar-refractivity contribution in [3.05, 3.63) is 24.3 Å². The molecule has 0 aromatic heterocycles. The summed E-state index contributed by atoms with van der Waals surface area (Å²) >= 11 is 0. The summed E-state index contributed by atoms with van der Waals surface area (Å²) in [5.74, 6) is 0.630. The highest BCUT2D eigenvalue weighted by atomic mass is 35.5. The molecular formula is C16H27Cl2N3O3. The third-order valence-electron chi connectivity index (χ3n) is 3.76. The van der Waals surface area contributed by atoms with Crippen LogP contribution in [0.2, 0.25) is 0 Å². The second-order valence-corrected chi connectivity index (χ2v) is 5.90. The monoisotopic (exact) mass is 379 g/mol. The Bertz CT molecular complexity index is 492. The zero-order chi connectivity index (χ0) is 16.0. The van der Waals surface area contributed by atoms with Gasteiger partial charge < -0.3 is 25.4 Å². The van der Waals surface area contributed by atoms with Crippen LogP contribution in [-0.2, 0) is 9.53 Å². The Balaban J connectivity index is 0.00000264. The van der Waals surface area contributed by atoms with E-state index in [1.807, 2.05) is 38.4 Å². The minimum atomic E-state index is -0.834. The lowest BCUT2D eigenvalue weighted by Crippen LogP contribution is -2.54. The van der Waals surface area contributed by atoms with E-state index in [-0.39, 0.29) is 30.7 Å². The highest BCUT2D eigenvalue weighted by Crippen LogP contribution is 2.21. The van der Waals surface area contributed by atoms with Crippen LogP contribution in [0, 0.1) is 0 Å². The third kappa shape index (κ3) is 6.83. The molecule has 3 N–H and O–H groups in total. The number of nitrogens with one attached hydrogen (secondary N) is 1. The van der Waals surface area contributed by atoms with Crippen LogP contribution in [0.1, 0.15) is 12.8 Å². The summed E-state index contributed by atoms with van der Waals surface area (Å²) in [6.07, 6.45) is 1.09. The normalized spacial score (nSPS) is 15.8. The number of anilines is 1. The molecule has 1 aliphatic heterocycles. The van der Waals surface area contributed by atoms with Crippen molar-refractivity contribution >= 4 is 36.4 Å². The standard InChI is InChI=1S/C16H25N3O3.2ClH/c1-19(2)9-12-22-14-5-3-13(4-6-14)18-15(20)16(17)7-10-21-11-8-16;;/h3-6H,7-12,17H2,1-2H3,(H,18,20);2*1H. The van der Waals surface area contributed by atoms with Gasteiger partial charge in [0, 0.05) is 25.4 Å². The molecule has 1 amide bonds. The molecule has 24 heavy (non-hydrogen) atoms. The first-order valence-electron chi connectivity index (χ1n) is 7.55. The number of likely N-dealkylation sites (N-methyl/N-ethyl adjacent to an activating group) is 1. The Kier molecular flexibility index (Phi) is 10.3. The molecule has 0 spiro atoms. The van der Waals surface area contributed by atoms with E-state index in [2.05, 4.69) is 10.2 Å². The largest absolute Gasteiger partial charge is 0.492 e. The van der Waals surface area contributed by atoms with Crippen molar-refractivity contribution in [3.8, 4) is 5.75 Å². The molecule has 1 aromatic rings. The fourth-order valence-electron chi connectivity index (χ4n) is 2.20. The second-order valence-electron chi connectivity index (χ2n) is 5.90. The molecule has 0 atom stereocenters. The molecule has 1 saturated heterocycles. The predicted octanol–water partition coefficient (Wildman–Crippen LogP) is 1.92. The highest BCUT2D eigenvalue weighted by molar-refractivity contribution is 5.98. The van der Waals surface area contributed by atoms with Crippen LogP contribution in [0.15, 0.2) is 24.3 Å². The number of carbonyl (C=O) groups excluding carboxylic acids is 1. The minimum absolute atomic E-state index is 0. The fourth-order valence-corrected chi connectivity index (χ4v) is 2.20. The maximum Gasteiger partial charge on any atom is 0.244 e. The van der Waals surface area contributed by atoms with Gasteiger partial charge in [-0.2, -0.15) is 0 Å². The number of ether oxygens (including phenoxy) is 2. The van der Waals surface area contributed by atoms with E-state index in [1.54, 1.807) is 0 Å². The molecule has 1 fully saturated rings. The van der Waals surface area contributed by atoms with Crippen molar-refractivity contribution in [1.82, 2.24) is 4.90 Å². The Morgan fingerprint density at radius 2 is 1.83 bits per heavy atom. The maximum atomic E-state index is 12.3. The lowest BCUT2D eigenvalue weighted by molar-refractivity contribution is -0.124. The quantitative estimate of drug-likeness (QED) is 0.789. The van der Waals surface area contributed by atoms with Gasteiger partial charge in [-0.15, -0.1) is 24.8 Å². The molecule has 0 unspecified atom stereocenters. The van der Waals surface area contributed by atoms with Gasteiger partial charge in [0.2, 0.25) is 5.91 Å². The molecule has 138 valence electrons. The molecule has 0 radical (unpaired) electrons. The molecule has 8 heteroatoms. The Hall–Kier alpha value is -1.05. The number of rotatable bonds is 6. The molecule has 1 aliphatic rings. The van der Waals surface area contributed by atoms with Gasteiger partial charge in [0.15, 0.2) is 0 Å². The number of nitrogens with two attached hydrogens (primary N) is 1. The Morgan fingerprint density at radius 1 is 1.25 bits per heavy atom. The fraction of sp³-hybridized carbons (Fsp3) is 0.562. The van der Waals surface area contributed by atoms with Crippen molar-refractivity contribution in [2.45, 2.75) is 18.4 Å². The number of hydrogen-bond acceptors (Lipinski definition) is 5. The molecule has 1 aromatic carbocycles. The maximum absolute atomic E-state index is 12.3. The topological polar surface area (TPSA) is 76.8 Å². The summed E-state index contributed by atoms with van der Waals surface area (Å²) in [6, 6.07) is 7.34. The highest BCUT2D eigenvalue weighted by Gasteiger charge is 2.35. The van der Waals surface area contributed by atoms with Crippen LogP contribution < -0.4 is 15.8 Å². The first-order chi connectivity index (χ1) is 10.5. The SMILES string of the molecule is CN(C)CCOc1ccc(NC(=O)C2(N)CCOCC2)cc1.Cl.Cl. The number of nitrogens with zero attached hydrogens (tertiary/aromatic N) is 1. The number of halogens is 2. The molecule has 0 bridgehead atoms. The van der Waals surface area contributed by atoms with Crippen LogP contribution >= 0.6 is 24.8 Å². The Morgan fingerprint density at radius 3 is 2.38 bits per heavy atom. The smallest absolute Gasteiger partial charge is 0.244 e. The van der Waals surface area contributed by atoms with E-state index >= 15 is 0 Å². The second kappa shape index (κ2) is 10.7. The number of hydrogen-bond donors (Lipinski definition) is 2. The van der Waals surface area contributed by atoms with Crippen molar-refractivity contribution in [2.24, 2.45) is 5.73 Å². The molecule has 2 rings (SSSR count). The average Bonchev–Trinajstić information content (AvgIpc) is 2.49. The van der Waals surface area contributed by atoms with Gasteiger partial charge in [-0.1, -0.05) is 0 Å². The summed E-state index contributed by atoms with van der Waals surface area (Å²) in [7, 11) is 4.00. The average molecular weight is 380 g/mol.